The normalized spacial score (nSPS) is 12.4. The van der Waals surface area contributed by atoms with E-state index in [4.69, 9.17) is 10.4 Å². The van der Waals surface area contributed by atoms with E-state index in [0.717, 1.165) is 0 Å². The maximum absolute atomic E-state index is 11.9. The number of carboxylic acids is 1. The molecule has 2 amide bonds. The minimum atomic E-state index is -1.06. The van der Waals surface area contributed by atoms with Crippen LogP contribution in [-0.2, 0) is 4.79 Å². The van der Waals surface area contributed by atoms with E-state index in [2.05, 4.69) is 5.32 Å². The van der Waals surface area contributed by atoms with Gasteiger partial charge < -0.3 is 15.3 Å². The van der Waals surface area contributed by atoms with Crippen LogP contribution in [0.15, 0.2) is 0 Å². The first-order valence-electron chi connectivity index (χ1n) is 5.89. The van der Waals surface area contributed by atoms with E-state index in [9.17, 15) is 9.59 Å². The molecule has 0 bridgehead atoms. The van der Waals surface area contributed by atoms with Gasteiger partial charge in [0, 0.05) is 13.1 Å². The van der Waals surface area contributed by atoms with Gasteiger partial charge in [0.05, 0.1) is 12.5 Å². The molecule has 1 atom stereocenters. The van der Waals surface area contributed by atoms with Gasteiger partial charge in [-0.1, -0.05) is 20.8 Å². The number of nitriles is 1. The van der Waals surface area contributed by atoms with Gasteiger partial charge >= 0.3 is 12.0 Å². The third kappa shape index (κ3) is 5.04. The predicted molar refractivity (Wildman–Crippen MR) is 66.9 cm³/mol. The fourth-order valence-corrected chi connectivity index (χ4v) is 1.45. The Morgan fingerprint density at radius 1 is 1.44 bits per heavy atom. The zero-order valence-corrected chi connectivity index (χ0v) is 11.4. The molecule has 0 aromatic rings. The van der Waals surface area contributed by atoms with E-state index >= 15 is 0 Å². The number of carbonyl (C=O) groups is 2. The van der Waals surface area contributed by atoms with Crippen molar-refractivity contribution in [2.45, 2.75) is 40.2 Å². The number of carboxylic acid groups (broad SMARTS) is 1. The standard InChI is InChI=1S/C12H21N3O3/c1-5-15(8-6-7-13)11(18)14-9(10(16)17)12(2,3)4/h9H,5-6,8H2,1-4H3,(H,14,18)(H,16,17). The number of amides is 2. The molecule has 0 radical (unpaired) electrons. The molecule has 0 aromatic heterocycles. The van der Waals surface area contributed by atoms with E-state index in [-0.39, 0.29) is 6.42 Å². The van der Waals surface area contributed by atoms with E-state index in [0.29, 0.717) is 13.1 Å². The summed E-state index contributed by atoms with van der Waals surface area (Å²) in [6.07, 6.45) is 0.231. The van der Waals surface area contributed by atoms with Crippen LogP contribution in [0.2, 0.25) is 0 Å². The number of hydrogen-bond donors (Lipinski definition) is 2. The smallest absolute Gasteiger partial charge is 0.326 e. The molecule has 0 rings (SSSR count). The lowest BCUT2D eigenvalue weighted by Crippen LogP contribution is -2.53. The van der Waals surface area contributed by atoms with Crippen LogP contribution in [0, 0.1) is 16.7 Å². The second-order valence-electron chi connectivity index (χ2n) is 5.07. The van der Waals surface area contributed by atoms with Crippen molar-refractivity contribution < 1.29 is 14.7 Å². The summed E-state index contributed by atoms with van der Waals surface area (Å²) in [6, 6.07) is 0.549. The predicted octanol–water partition coefficient (Wildman–Crippen LogP) is 1.43. The Morgan fingerprint density at radius 2 is 2.00 bits per heavy atom. The monoisotopic (exact) mass is 255 g/mol. The number of hydrogen-bond acceptors (Lipinski definition) is 3. The third-order valence-corrected chi connectivity index (χ3v) is 2.54. The molecule has 0 spiro atoms. The number of nitrogens with zero attached hydrogens (tertiary/aromatic N) is 2. The summed E-state index contributed by atoms with van der Waals surface area (Å²) in [6.45, 7) is 7.76. The quantitative estimate of drug-likeness (QED) is 0.777. The first kappa shape index (κ1) is 16.2. The lowest BCUT2D eigenvalue weighted by Gasteiger charge is -2.30. The molecule has 18 heavy (non-hydrogen) atoms. The van der Waals surface area contributed by atoms with E-state index < -0.39 is 23.5 Å². The van der Waals surface area contributed by atoms with Gasteiger partial charge in [-0.05, 0) is 12.3 Å². The van der Waals surface area contributed by atoms with E-state index in [1.165, 1.54) is 4.90 Å². The maximum atomic E-state index is 11.9. The molecule has 0 aliphatic heterocycles. The second kappa shape index (κ2) is 6.84. The SMILES string of the molecule is CCN(CCC#N)C(=O)NC(C(=O)O)C(C)(C)C. The first-order valence-corrected chi connectivity index (χ1v) is 5.89. The molecule has 6 heteroatoms. The molecule has 6 nitrogen and oxygen atoms in total. The van der Waals surface area contributed by atoms with Gasteiger partial charge in [0.2, 0.25) is 0 Å². The molecule has 0 heterocycles. The van der Waals surface area contributed by atoms with Crippen molar-refractivity contribution in [2.24, 2.45) is 5.41 Å². The highest BCUT2D eigenvalue weighted by Gasteiger charge is 2.33. The lowest BCUT2D eigenvalue weighted by atomic mass is 9.87. The van der Waals surface area contributed by atoms with Crippen LogP contribution in [0.5, 0.6) is 0 Å². The third-order valence-electron chi connectivity index (χ3n) is 2.54. The van der Waals surface area contributed by atoms with Crippen molar-refractivity contribution in [1.29, 1.82) is 5.26 Å². The van der Waals surface area contributed by atoms with Crippen LogP contribution in [0.1, 0.15) is 34.1 Å². The Bertz CT molecular complexity index is 341. The average molecular weight is 255 g/mol. The van der Waals surface area contributed by atoms with Gasteiger partial charge in [-0.15, -0.1) is 0 Å². The maximum Gasteiger partial charge on any atom is 0.326 e. The van der Waals surface area contributed by atoms with Gasteiger partial charge in [0.15, 0.2) is 0 Å². The zero-order valence-electron chi connectivity index (χ0n) is 11.4. The number of rotatable bonds is 5. The fraction of sp³-hybridized carbons (Fsp3) is 0.750. The van der Waals surface area contributed by atoms with Crippen LogP contribution >= 0.6 is 0 Å². The Balaban J connectivity index is 4.69. The number of nitrogens with one attached hydrogen (secondary N) is 1. The number of carbonyl (C=O) groups excluding carboxylic acids is 1. The van der Waals surface area contributed by atoms with Gasteiger partial charge in [-0.3, -0.25) is 0 Å². The molecule has 0 aromatic carbocycles. The molecule has 2 N–H and O–H groups in total. The lowest BCUT2D eigenvalue weighted by molar-refractivity contribution is -0.142. The molecular weight excluding hydrogens is 234 g/mol. The van der Waals surface area contributed by atoms with E-state index in [1.807, 2.05) is 6.07 Å². The molecule has 1 unspecified atom stereocenters. The van der Waals surface area contributed by atoms with Gasteiger partial charge in [0.25, 0.3) is 0 Å². The van der Waals surface area contributed by atoms with Crippen LogP contribution < -0.4 is 5.32 Å². The Hall–Kier alpha value is -1.77. The molecule has 0 saturated heterocycles. The van der Waals surface area contributed by atoms with Gasteiger partial charge in [-0.2, -0.15) is 5.26 Å². The molecule has 0 saturated carbocycles. The molecule has 0 aliphatic rings. The van der Waals surface area contributed by atoms with E-state index in [1.54, 1.807) is 27.7 Å². The Morgan fingerprint density at radius 3 is 2.33 bits per heavy atom. The van der Waals surface area contributed by atoms with Crippen molar-refractivity contribution >= 4 is 12.0 Å². The summed E-state index contributed by atoms with van der Waals surface area (Å²) in [5.41, 5.74) is -0.573. The highest BCUT2D eigenvalue weighted by Crippen LogP contribution is 2.19. The largest absolute Gasteiger partial charge is 0.480 e. The summed E-state index contributed by atoms with van der Waals surface area (Å²) >= 11 is 0. The van der Waals surface area contributed by atoms with Crippen LogP contribution in [0.25, 0.3) is 0 Å². The number of urea groups is 1. The summed E-state index contributed by atoms with van der Waals surface area (Å²) in [7, 11) is 0. The fourth-order valence-electron chi connectivity index (χ4n) is 1.45. The topological polar surface area (TPSA) is 93.4 Å². The van der Waals surface area contributed by atoms with Crippen LogP contribution in [-0.4, -0.2) is 41.1 Å². The molecular formula is C12H21N3O3. The zero-order chi connectivity index (χ0) is 14.3. The van der Waals surface area contributed by atoms with Crippen LogP contribution in [0.3, 0.4) is 0 Å². The highest BCUT2D eigenvalue weighted by molar-refractivity contribution is 5.83. The number of aliphatic carboxylic acids is 1. The van der Waals surface area contributed by atoms with Gasteiger partial charge in [-0.25, -0.2) is 9.59 Å². The molecule has 102 valence electrons. The summed E-state index contributed by atoms with van der Waals surface area (Å²) in [5.74, 6) is -1.06. The Labute approximate surface area is 108 Å². The average Bonchev–Trinajstić information content (AvgIpc) is 2.24. The second-order valence-corrected chi connectivity index (χ2v) is 5.07. The van der Waals surface area contributed by atoms with Crippen molar-refractivity contribution in [3.63, 3.8) is 0 Å². The van der Waals surface area contributed by atoms with Crippen molar-refractivity contribution in [1.82, 2.24) is 10.2 Å². The summed E-state index contributed by atoms with van der Waals surface area (Å²) in [4.78, 5) is 24.4. The highest BCUT2D eigenvalue weighted by atomic mass is 16.4. The van der Waals surface area contributed by atoms with Crippen molar-refractivity contribution in [3.8, 4) is 6.07 Å². The minimum Gasteiger partial charge on any atom is -0.480 e. The first-order chi connectivity index (χ1) is 8.23. The Kier molecular flexibility index (Phi) is 6.17. The summed E-state index contributed by atoms with van der Waals surface area (Å²) in [5, 5.41) is 20.1. The minimum absolute atomic E-state index is 0.231. The van der Waals surface area contributed by atoms with Gasteiger partial charge in [0.1, 0.15) is 6.04 Å². The van der Waals surface area contributed by atoms with Crippen molar-refractivity contribution in [2.75, 3.05) is 13.1 Å². The van der Waals surface area contributed by atoms with Crippen LogP contribution in [0.4, 0.5) is 4.79 Å². The molecule has 0 aliphatic carbocycles. The van der Waals surface area contributed by atoms with Crippen molar-refractivity contribution in [3.05, 3.63) is 0 Å². The summed E-state index contributed by atoms with van der Waals surface area (Å²) < 4.78 is 0. The molecule has 0 fully saturated rings.